The highest BCUT2D eigenvalue weighted by atomic mass is 32.1. The van der Waals surface area contributed by atoms with Crippen LogP contribution in [0.2, 0.25) is 0 Å². The average Bonchev–Trinajstić information content (AvgIpc) is 3.42. The molecule has 0 radical (unpaired) electrons. The van der Waals surface area contributed by atoms with E-state index < -0.39 is 5.82 Å². The molecule has 1 aliphatic heterocycles. The van der Waals surface area contributed by atoms with Crippen LogP contribution in [-0.2, 0) is 17.7 Å². The molecule has 2 amide bonds. The molecular formula is C28H30FN5O3S. The van der Waals surface area contributed by atoms with Gasteiger partial charge in [-0.25, -0.2) is 9.18 Å². The third-order valence-corrected chi connectivity index (χ3v) is 7.29. The van der Waals surface area contributed by atoms with Gasteiger partial charge in [-0.1, -0.05) is 12.1 Å². The Morgan fingerprint density at radius 3 is 2.82 bits per heavy atom. The molecule has 0 spiro atoms. The highest BCUT2D eigenvalue weighted by Gasteiger charge is 2.19. The van der Waals surface area contributed by atoms with Crippen LogP contribution in [0.15, 0.2) is 47.8 Å². The summed E-state index contributed by atoms with van der Waals surface area (Å²) in [6, 6.07) is 12.8. The molecular weight excluding hydrogens is 505 g/mol. The molecule has 2 N–H and O–H groups in total. The smallest absolute Gasteiger partial charge is 0.316 e. The summed E-state index contributed by atoms with van der Waals surface area (Å²) in [5.74, 6) is -0.0147. The van der Waals surface area contributed by atoms with E-state index >= 15 is 0 Å². The van der Waals surface area contributed by atoms with Crippen molar-refractivity contribution in [3.63, 3.8) is 0 Å². The van der Waals surface area contributed by atoms with Gasteiger partial charge in [0.25, 0.3) is 0 Å². The SMILES string of the molecule is CN(C)C(=O)NCCOCCOc1cc(F)ccc1-c1nnc(-c2ccc3c(c2)CCNC3)c2ccsc12. The fourth-order valence-corrected chi connectivity index (χ4v) is 5.30. The molecule has 2 aromatic carbocycles. The minimum Gasteiger partial charge on any atom is -0.490 e. The zero-order valence-corrected chi connectivity index (χ0v) is 22.2. The molecule has 8 nitrogen and oxygen atoms in total. The molecule has 3 heterocycles. The van der Waals surface area contributed by atoms with Crippen LogP contribution in [0, 0.1) is 5.82 Å². The Morgan fingerprint density at radius 1 is 1.08 bits per heavy atom. The lowest BCUT2D eigenvalue weighted by atomic mass is 9.96. The van der Waals surface area contributed by atoms with Gasteiger partial charge < -0.3 is 25.0 Å². The summed E-state index contributed by atoms with van der Waals surface area (Å²) in [6.45, 7) is 3.12. The van der Waals surface area contributed by atoms with E-state index in [1.807, 2.05) is 5.38 Å². The van der Waals surface area contributed by atoms with Gasteiger partial charge in [0.05, 0.1) is 17.9 Å². The Morgan fingerprint density at radius 2 is 1.95 bits per heavy atom. The zero-order chi connectivity index (χ0) is 26.5. The largest absolute Gasteiger partial charge is 0.490 e. The maximum atomic E-state index is 14.2. The average molecular weight is 536 g/mol. The predicted molar refractivity (Wildman–Crippen MR) is 147 cm³/mol. The van der Waals surface area contributed by atoms with Crippen molar-refractivity contribution in [2.24, 2.45) is 0 Å². The van der Waals surface area contributed by atoms with Crippen LogP contribution in [0.5, 0.6) is 5.75 Å². The first-order valence-corrected chi connectivity index (χ1v) is 13.4. The Balaban J connectivity index is 1.32. The quantitative estimate of drug-likeness (QED) is 0.308. The molecule has 198 valence electrons. The third-order valence-electron chi connectivity index (χ3n) is 6.36. The highest BCUT2D eigenvalue weighted by molar-refractivity contribution is 7.17. The number of benzene rings is 2. The van der Waals surface area contributed by atoms with Crippen LogP contribution in [0.4, 0.5) is 9.18 Å². The van der Waals surface area contributed by atoms with Gasteiger partial charge in [0.2, 0.25) is 0 Å². The standard InChI is InChI=1S/C28H30FN5O3S/c1-34(2)28(35)31-10-11-36-12-13-37-24-16-21(29)5-6-22(24)26-27-23(8-14-38-27)25(32-33-26)19-3-4-20-17-30-9-7-18(20)15-19/h3-6,8,14-16,30H,7,9-13,17H2,1-2H3,(H,31,35). The number of halogens is 1. The zero-order valence-electron chi connectivity index (χ0n) is 21.4. The normalized spacial score (nSPS) is 12.8. The van der Waals surface area contributed by atoms with Crippen molar-refractivity contribution >= 4 is 27.5 Å². The van der Waals surface area contributed by atoms with Gasteiger partial charge in [-0.05, 0) is 53.7 Å². The summed E-state index contributed by atoms with van der Waals surface area (Å²) in [5.41, 5.74) is 5.87. The van der Waals surface area contributed by atoms with E-state index in [-0.39, 0.29) is 12.6 Å². The molecule has 0 atom stereocenters. The number of carbonyl (C=O) groups excluding carboxylic acids is 1. The first-order chi connectivity index (χ1) is 18.5. The van der Waals surface area contributed by atoms with Gasteiger partial charge in [0.1, 0.15) is 29.6 Å². The summed E-state index contributed by atoms with van der Waals surface area (Å²) in [7, 11) is 3.35. The van der Waals surface area contributed by atoms with E-state index in [1.165, 1.54) is 28.2 Å². The molecule has 0 saturated heterocycles. The van der Waals surface area contributed by atoms with Gasteiger partial charge in [0.15, 0.2) is 0 Å². The number of aromatic nitrogens is 2. The first-order valence-electron chi connectivity index (χ1n) is 12.5. The molecule has 0 saturated carbocycles. The fourth-order valence-electron chi connectivity index (χ4n) is 4.40. The molecule has 38 heavy (non-hydrogen) atoms. The number of carbonyl (C=O) groups is 1. The second-order valence-corrected chi connectivity index (χ2v) is 10.1. The Labute approximate surface area is 224 Å². The number of urea groups is 1. The maximum absolute atomic E-state index is 14.2. The summed E-state index contributed by atoms with van der Waals surface area (Å²) in [4.78, 5) is 13.0. The van der Waals surface area contributed by atoms with Gasteiger partial charge in [-0.15, -0.1) is 21.5 Å². The van der Waals surface area contributed by atoms with E-state index in [9.17, 15) is 9.18 Å². The van der Waals surface area contributed by atoms with Crippen LogP contribution in [0.1, 0.15) is 11.1 Å². The molecule has 4 aromatic rings. The van der Waals surface area contributed by atoms with Gasteiger partial charge in [-0.3, -0.25) is 0 Å². The van der Waals surface area contributed by atoms with E-state index in [4.69, 9.17) is 9.47 Å². The molecule has 10 heteroatoms. The molecule has 0 fully saturated rings. The number of fused-ring (bicyclic) bond motifs is 2. The van der Waals surface area contributed by atoms with Crippen LogP contribution in [-0.4, -0.2) is 68.1 Å². The summed E-state index contributed by atoms with van der Waals surface area (Å²) >= 11 is 1.58. The van der Waals surface area contributed by atoms with Crippen molar-refractivity contribution in [3.8, 4) is 28.3 Å². The maximum Gasteiger partial charge on any atom is 0.316 e. The molecule has 0 bridgehead atoms. The topological polar surface area (TPSA) is 88.6 Å². The van der Waals surface area contributed by atoms with Gasteiger partial charge in [-0.2, -0.15) is 0 Å². The second-order valence-electron chi connectivity index (χ2n) is 9.20. The number of nitrogens with zero attached hydrogens (tertiary/aromatic N) is 3. The molecule has 5 rings (SSSR count). The van der Waals surface area contributed by atoms with Crippen LogP contribution >= 0.6 is 11.3 Å². The number of hydrogen-bond acceptors (Lipinski definition) is 7. The predicted octanol–water partition coefficient (Wildman–Crippen LogP) is 4.48. The molecule has 1 aliphatic rings. The number of ether oxygens (including phenoxy) is 2. The summed E-state index contributed by atoms with van der Waals surface area (Å²) in [5, 5.41) is 18.4. The Kier molecular flexibility index (Phi) is 8.11. The minimum atomic E-state index is -0.397. The van der Waals surface area contributed by atoms with Gasteiger partial charge >= 0.3 is 6.03 Å². The molecule has 0 aliphatic carbocycles. The van der Waals surface area contributed by atoms with Gasteiger partial charge in [0, 0.05) is 49.8 Å². The lowest BCUT2D eigenvalue weighted by molar-refractivity contribution is 0.102. The monoisotopic (exact) mass is 535 g/mol. The van der Waals surface area contributed by atoms with Crippen molar-refractivity contribution < 1.29 is 18.7 Å². The minimum absolute atomic E-state index is 0.176. The van der Waals surface area contributed by atoms with Crippen molar-refractivity contribution in [1.29, 1.82) is 0 Å². The van der Waals surface area contributed by atoms with Crippen molar-refractivity contribution in [2.75, 3.05) is 47.0 Å². The van der Waals surface area contributed by atoms with Crippen LogP contribution in [0.3, 0.4) is 0 Å². The van der Waals surface area contributed by atoms with E-state index in [0.29, 0.717) is 36.8 Å². The third kappa shape index (κ3) is 5.77. The Bertz CT molecular complexity index is 1440. The van der Waals surface area contributed by atoms with E-state index in [1.54, 1.807) is 31.5 Å². The lowest BCUT2D eigenvalue weighted by Crippen LogP contribution is -2.36. The van der Waals surface area contributed by atoms with Crippen molar-refractivity contribution in [3.05, 3.63) is 64.8 Å². The first kappa shape index (κ1) is 26.0. The number of hydrogen-bond donors (Lipinski definition) is 2. The highest BCUT2D eigenvalue weighted by Crippen LogP contribution is 2.39. The number of amides is 2. The molecule has 0 unspecified atom stereocenters. The Hall–Kier alpha value is -3.60. The number of thiophene rings is 1. The van der Waals surface area contributed by atoms with Crippen LogP contribution in [0.25, 0.3) is 32.6 Å². The van der Waals surface area contributed by atoms with Crippen molar-refractivity contribution in [2.45, 2.75) is 13.0 Å². The van der Waals surface area contributed by atoms with E-state index in [0.717, 1.165) is 40.9 Å². The van der Waals surface area contributed by atoms with Crippen molar-refractivity contribution in [1.82, 2.24) is 25.7 Å². The summed E-state index contributed by atoms with van der Waals surface area (Å²) in [6.07, 6.45) is 0.992. The van der Waals surface area contributed by atoms with Crippen LogP contribution < -0.4 is 15.4 Å². The second kappa shape index (κ2) is 11.8. The number of nitrogens with one attached hydrogen (secondary N) is 2. The number of rotatable bonds is 9. The lowest BCUT2D eigenvalue weighted by Gasteiger charge is -2.18. The van der Waals surface area contributed by atoms with E-state index in [2.05, 4.69) is 45.1 Å². The molecule has 2 aromatic heterocycles. The summed E-state index contributed by atoms with van der Waals surface area (Å²) < 4.78 is 26.6. The fraction of sp³-hybridized carbons (Fsp3) is 0.321.